The molecule has 1 aromatic rings. The van der Waals surface area contributed by atoms with Crippen LogP contribution in [0.4, 0.5) is 0 Å². The van der Waals surface area contributed by atoms with Crippen LogP contribution >= 0.6 is 15.9 Å². The van der Waals surface area contributed by atoms with E-state index in [0.29, 0.717) is 6.61 Å². The summed E-state index contributed by atoms with van der Waals surface area (Å²) in [6.07, 6.45) is 3.62. The van der Waals surface area contributed by atoms with Crippen LogP contribution < -0.4 is 4.74 Å². The van der Waals surface area contributed by atoms with E-state index in [1.807, 2.05) is 24.3 Å². The van der Waals surface area contributed by atoms with Gasteiger partial charge in [-0.1, -0.05) is 28.1 Å². The van der Waals surface area contributed by atoms with Crippen LogP contribution in [0.1, 0.15) is 12.0 Å². The number of aliphatic carboxylic acids is 1. The molecule has 0 aliphatic carbocycles. The molecular formula is C12H13BrO3. The minimum absolute atomic E-state index is 0.676. The highest BCUT2D eigenvalue weighted by atomic mass is 79.9. The van der Waals surface area contributed by atoms with Crippen molar-refractivity contribution in [1.82, 2.24) is 0 Å². The molecule has 0 radical (unpaired) electrons. The highest BCUT2D eigenvalue weighted by molar-refractivity contribution is 9.09. The van der Waals surface area contributed by atoms with Crippen LogP contribution in [0.5, 0.6) is 5.75 Å². The zero-order chi connectivity index (χ0) is 11.8. The lowest BCUT2D eigenvalue weighted by molar-refractivity contribution is -0.131. The summed E-state index contributed by atoms with van der Waals surface area (Å²) in [7, 11) is 0. The summed E-state index contributed by atoms with van der Waals surface area (Å²) >= 11 is 3.32. The number of hydrogen-bond acceptors (Lipinski definition) is 2. The van der Waals surface area contributed by atoms with E-state index in [1.165, 1.54) is 0 Å². The van der Waals surface area contributed by atoms with Crippen molar-refractivity contribution in [3.05, 3.63) is 35.9 Å². The Balaban J connectivity index is 2.51. The summed E-state index contributed by atoms with van der Waals surface area (Å²) in [6.45, 7) is 0.676. The normalized spacial score (nSPS) is 10.6. The maximum absolute atomic E-state index is 10.3. The van der Waals surface area contributed by atoms with Crippen molar-refractivity contribution in [1.29, 1.82) is 0 Å². The number of carbonyl (C=O) groups is 1. The lowest BCUT2D eigenvalue weighted by atomic mass is 10.2. The number of halogens is 1. The fraction of sp³-hybridized carbons (Fsp3) is 0.250. The largest absolute Gasteiger partial charge is 0.494 e. The van der Waals surface area contributed by atoms with Crippen LogP contribution in [0.3, 0.4) is 0 Å². The number of alkyl halides is 1. The van der Waals surface area contributed by atoms with Crippen LogP contribution in [0, 0.1) is 0 Å². The van der Waals surface area contributed by atoms with Crippen LogP contribution in [-0.4, -0.2) is 23.0 Å². The van der Waals surface area contributed by atoms with Gasteiger partial charge in [-0.05, 0) is 30.2 Å². The van der Waals surface area contributed by atoms with Crippen molar-refractivity contribution in [2.75, 3.05) is 11.9 Å². The van der Waals surface area contributed by atoms with Gasteiger partial charge >= 0.3 is 5.97 Å². The summed E-state index contributed by atoms with van der Waals surface area (Å²) in [5.74, 6) is -0.147. The topological polar surface area (TPSA) is 46.5 Å². The first-order chi connectivity index (χ1) is 7.72. The van der Waals surface area contributed by atoms with Gasteiger partial charge in [-0.2, -0.15) is 0 Å². The molecular weight excluding hydrogens is 272 g/mol. The smallest absolute Gasteiger partial charge is 0.328 e. The molecule has 4 heteroatoms. The van der Waals surface area contributed by atoms with Crippen molar-refractivity contribution < 1.29 is 14.6 Å². The molecule has 3 nitrogen and oxygen atoms in total. The van der Waals surface area contributed by atoms with Gasteiger partial charge in [-0.25, -0.2) is 4.79 Å². The third kappa shape index (κ3) is 4.98. The number of carboxylic acid groups (broad SMARTS) is 1. The fourth-order valence-corrected chi connectivity index (χ4v) is 1.32. The van der Waals surface area contributed by atoms with E-state index in [9.17, 15) is 4.79 Å². The minimum Gasteiger partial charge on any atom is -0.494 e. The standard InChI is InChI=1S/C12H13BrO3/c13-8-1-9-16-11-5-2-10(3-6-11)4-7-12(14)15/h2-7H,1,8-9H2,(H,14,15). The second-order valence-electron chi connectivity index (χ2n) is 3.13. The zero-order valence-electron chi connectivity index (χ0n) is 8.73. The predicted octanol–water partition coefficient (Wildman–Crippen LogP) is 2.95. The number of hydrogen-bond donors (Lipinski definition) is 1. The fourth-order valence-electron chi connectivity index (χ4n) is 1.09. The van der Waals surface area contributed by atoms with Crippen molar-refractivity contribution in [3.8, 4) is 5.75 Å². The molecule has 1 aromatic carbocycles. The van der Waals surface area contributed by atoms with Gasteiger partial charge in [0.2, 0.25) is 0 Å². The van der Waals surface area contributed by atoms with Gasteiger partial charge in [0.1, 0.15) is 5.75 Å². The first kappa shape index (κ1) is 12.8. The Morgan fingerprint density at radius 1 is 1.38 bits per heavy atom. The summed E-state index contributed by atoms with van der Waals surface area (Å²) in [5, 5.41) is 9.38. The van der Waals surface area contributed by atoms with Gasteiger partial charge in [0.25, 0.3) is 0 Å². The van der Waals surface area contributed by atoms with Crippen molar-refractivity contribution in [2.24, 2.45) is 0 Å². The average Bonchev–Trinajstić information content (AvgIpc) is 2.28. The molecule has 0 fully saturated rings. The van der Waals surface area contributed by atoms with Crippen molar-refractivity contribution >= 4 is 28.0 Å². The van der Waals surface area contributed by atoms with Crippen LogP contribution in [0.25, 0.3) is 6.08 Å². The Labute approximate surface area is 103 Å². The molecule has 1 N–H and O–H groups in total. The monoisotopic (exact) mass is 284 g/mol. The molecule has 0 saturated carbocycles. The number of ether oxygens (including phenoxy) is 1. The van der Waals surface area contributed by atoms with Crippen LogP contribution in [0.2, 0.25) is 0 Å². The Bertz CT molecular complexity index is 357. The Hall–Kier alpha value is -1.29. The summed E-state index contributed by atoms with van der Waals surface area (Å²) in [4.78, 5) is 10.3. The lowest BCUT2D eigenvalue weighted by Crippen LogP contribution is -1.97. The highest BCUT2D eigenvalue weighted by Crippen LogP contribution is 2.13. The van der Waals surface area contributed by atoms with E-state index < -0.39 is 5.97 Å². The molecule has 0 heterocycles. The predicted molar refractivity (Wildman–Crippen MR) is 67.0 cm³/mol. The van der Waals surface area contributed by atoms with Crippen molar-refractivity contribution in [2.45, 2.75) is 6.42 Å². The Kier molecular flexibility index (Phi) is 5.64. The Morgan fingerprint density at radius 2 is 2.06 bits per heavy atom. The van der Waals surface area contributed by atoms with Crippen LogP contribution in [0.15, 0.2) is 30.3 Å². The number of benzene rings is 1. The summed E-state index contributed by atoms with van der Waals surface area (Å²) in [5.41, 5.74) is 0.843. The molecule has 0 aliphatic heterocycles. The van der Waals surface area contributed by atoms with E-state index in [4.69, 9.17) is 9.84 Å². The molecule has 86 valence electrons. The molecule has 0 spiro atoms. The molecule has 0 aliphatic rings. The SMILES string of the molecule is O=C(O)C=Cc1ccc(OCCCBr)cc1. The lowest BCUT2D eigenvalue weighted by Gasteiger charge is -2.04. The van der Waals surface area contributed by atoms with Gasteiger partial charge in [0.15, 0.2) is 0 Å². The third-order valence-corrected chi connectivity index (χ3v) is 2.41. The minimum atomic E-state index is -0.947. The second-order valence-corrected chi connectivity index (χ2v) is 3.92. The van der Waals surface area contributed by atoms with E-state index >= 15 is 0 Å². The molecule has 0 amide bonds. The molecule has 0 atom stereocenters. The molecule has 1 rings (SSSR count). The maximum Gasteiger partial charge on any atom is 0.328 e. The zero-order valence-corrected chi connectivity index (χ0v) is 10.3. The van der Waals surface area contributed by atoms with Crippen molar-refractivity contribution in [3.63, 3.8) is 0 Å². The molecule has 0 bridgehead atoms. The maximum atomic E-state index is 10.3. The van der Waals surface area contributed by atoms with Gasteiger partial charge in [-0.3, -0.25) is 0 Å². The number of rotatable bonds is 6. The first-order valence-corrected chi connectivity index (χ1v) is 6.04. The molecule has 0 saturated heterocycles. The molecule has 16 heavy (non-hydrogen) atoms. The summed E-state index contributed by atoms with van der Waals surface area (Å²) in [6, 6.07) is 7.30. The van der Waals surface area contributed by atoms with Gasteiger partial charge in [0, 0.05) is 11.4 Å². The van der Waals surface area contributed by atoms with Gasteiger partial charge in [0.05, 0.1) is 6.61 Å². The van der Waals surface area contributed by atoms with E-state index in [1.54, 1.807) is 6.08 Å². The summed E-state index contributed by atoms with van der Waals surface area (Å²) < 4.78 is 5.46. The molecule has 0 aromatic heterocycles. The van der Waals surface area contributed by atoms with Gasteiger partial charge in [-0.15, -0.1) is 0 Å². The Morgan fingerprint density at radius 3 is 2.62 bits per heavy atom. The highest BCUT2D eigenvalue weighted by Gasteiger charge is 1.94. The quantitative estimate of drug-likeness (QED) is 0.496. The van der Waals surface area contributed by atoms with Crippen LogP contribution in [-0.2, 0) is 4.79 Å². The molecule has 0 unspecified atom stereocenters. The first-order valence-electron chi connectivity index (χ1n) is 4.92. The number of carboxylic acids is 1. The van der Waals surface area contributed by atoms with Gasteiger partial charge < -0.3 is 9.84 Å². The second kappa shape index (κ2) is 7.06. The van der Waals surface area contributed by atoms with E-state index in [2.05, 4.69) is 15.9 Å². The van der Waals surface area contributed by atoms with E-state index in [-0.39, 0.29) is 0 Å². The average molecular weight is 285 g/mol. The van der Waals surface area contributed by atoms with E-state index in [0.717, 1.165) is 29.1 Å². The third-order valence-electron chi connectivity index (χ3n) is 1.85.